The molecule has 5 heteroatoms. The maximum Gasteiger partial charge on any atom is 0.317 e. The van der Waals surface area contributed by atoms with Crippen LogP contribution < -0.4 is 9.47 Å². The van der Waals surface area contributed by atoms with Crippen LogP contribution in [0.1, 0.15) is 11.1 Å². The largest absolute Gasteiger partial charge is 0.480 e. The first kappa shape index (κ1) is 11.3. The molecule has 2 aliphatic heterocycles. The Balaban J connectivity index is 1.80. The number of carbonyl (C=O) groups is 1. The van der Waals surface area contributed by atoms with Crippen molar-refractivity contribution in [2.24, 2.45) is 0 Å². The Labute approximate surface area is 105 Å². The van der Waals surface area contributed by atoms with E-state index in [1.54, 1.807) is 0 Å². The van der Waals surface area contributed by atoms with Gasteiger partial charge in [-0.05, 0) is 36.1 Å². The van der Waals surface area contributed by atoms with Gasteiger partial charge in [-0.1, -0.05) is 0 Å². The number of carboxylic acid groups (broad SMARTS) is 1. The van der Waals surface area contributed by atoms with E-state index in [1.807, 2.05) is 17.0 Å². The molecule has 0 aromatic heterocycles. The van der Waals surface area contributed by atoms with Crippen molar-refractivity contribution in [3.05, 3.63) is 23.3 Å². The summed E-state index contributed by atoms with van der Waals surface area (Å²) in [5.74, 6) is 0.844. The molecule has 0 atom stereocenters. The minimum Gasteiger partial charge on any atom is -0.480 e. The van der Waals surface area contributed by atoms with E-state index in [4.69, 9.17) is 14.6 Å². The highest BCUT2D eigenvalue weighted by Gasteiger charge is 2.21. The first-order chi connectivity index (χ1) is 8.72. The summed E-state index contributed by atoms with van der Waals surface area (Å²) in [6, 6.07) is 4.06. The lowest BCUT2D eigenvalue weighted by Gasteiger charge is -2.16. The second-order valence-electron chi connectivity index (χ2n) is 4.64. The van der Waals surface area contributed by atoms with Crippen molar-refractivity contribution >= 4 is 5.97 Å². The highest BCUT2D eigenvalue weighted by atomic mass is 16.7. The van der Waals surface area contributed by atoms with Gasteiger partial charge in [-0.15, -0.1) is 0 Å². The molecule has 2 heterocycles. The SMILES string of the molecule is O=C(O)CN1CCc2cc3c(cc2CC1)OCO3. The zero-order valence-electron chi connectivity index (χ0n) is 10.0. The average molecular weight is 249 g/mol. The second-order valence-corrected chi connectivity index (χ2v) is 4.64. The van der Waals surface area contributed by atoms with Gasteiger partial charge in [-0.25, -0.2) is 0 Å². The van der Waals surface area contributed by atoms with Crippen molar-refractivity contribution in [3.8, 4) is 11.5 Å². The van der Waals surface area contributed by atoms with E-state index in [2.05, 4.69) is 0 Å². The predicted molar refractivity (Wildman–Crippen MR) is 64.0 cm³/mol. The molecular weight excluding hydrogens is 234 g/mol. The third-order valence-electron chi connectivity index (χ3n) is 3.45. The fraction of sp³-hybridized carbons (Fsp3) is 0.462. The summed E-state index contributed by atoms with van der Waals surface area (Å²) in [6.07, 6.45) is 1.72. The maximum atomic E-state index is 10.7. The average Bonchev–Trinajstić information content (AvgIpc) is 2.69. The van der Waals surface area contributed by atoms with E-state index in [0.717, 1.165) is 37.4 Å². The molecule has 96 valence electrons. The van der Waals surface area contributed by atoms with Gasteiger partial charge in [0.1, 0.15) is 0 Å². The summed E-state index contributed by atoms with van der Waals surface area (Å²) in [6.45, 7) is 1.96. The molecule has 2 aliphatic rings. The van der Waals surface area contributed by atoms with Crippen LogP contribution in [0.5, 0.6) is 11.5 Å². The molecule has 0 spiro atoms. The zero-order valence-corrected chi connectivity index (χ0v) is 10.0. The van der Waals surface area contributed by atoms with Gasteiger partial charge in [0.05, 0.1) is 6.54 Å². The molecule has 1 aromatic carbocycles. The quantitative estimate of drug-likeness (QED) is 0.844. The molecule has 0 saturated heterocycles. The van der Waals surface area contributed by atoms with Crippen molar-refractivity contribution in [1.29, 1.82) is 0 Å². The number of aliphatic carboxylic acids is 1. The fourth-order valence-corrected chi connectivity index (χ4v) is 2.51. The number of hydrogen-bond donors (Lipinski definition) is 1. The molecule has 18 heavy (non-hydrogen) atoms. The number of rotatable bonds is 2. The van der Waals surface area contributed by atoms with Gasteiger partial charge in [0.25, 0.3) is 0 Å². The predicted octanol–water partition coefficient (Wildman–Crippen LogP) is 0.901. The Morgan fingerprint density at radius 2 is 1.72 bits per heavy atom. The third-order valence-corrected chi connectivity index (χ3v) is 3.45. The Hall–Kier alpha value is -1.75. The molecule has 0 amide bonds. The number of ether oxygens (including phenoxy) is 2. The van der Waals surface area contributed by atoms with Gasteiger partial charge in [0.15, 0.2) is 11.5 Å². The lowest BCUT2D eigenvalue weighted by Crippen LogP contribution is -2.31. The summed E-state index contributed by atoms with van der Waals surface area (Å²) >= 11 is 0. The first-order valence-electron chi connectivity index (χ1n) is 6.08. The number of fused-ring (bicyclic) bond motifs is 2. The minimum absolute atomic E-state index is 0.112. The summed E-state index contributed by atoms with van der Waals surface area (Å²) in [4.78, 5) is 12.7. The van der Waals surface area contributed by atoms with Crippen LogP contribution in [0.25, 0.3) is 0 Å². The van der Waals surface area contributed by atoms with E-state index in [-0.39, 0.29) is 6.54 Å². The Bertz CT molecular complexity index is 451. The highest BCUT2D eigenvalue weighted by molar-refractivity contribution is 5.69. The van der Waals surface area contributed by atoms with Crippen LogP contribution in [0, 0.1) is 0 Å². The second kappa shape index (κ2) is 4.49. The molecular formula is C13H15NO4. The van der Waals surface area contributed by atoms with Crippen LogP contribution in [-0.2, 0) is 17.6 Å². The monoisotopic (exact) mass is 249 g/mol. The third kappa shape index (κ3) is 2.13. The molecule has 0 radical (unpaired) electrons. The number of benzene rings is 1. The summed E-state index contributed by atoms with van der Waals surface area (Å²) in [7, 11) is 0. The van der Waals surface area contributed by atoms with Crippen molar-refractivity contribution < 1.29 is 19.4 Å². The zero-order chi connectivity index (χ0) is 12.5. The van der Waals surface area contributed by atoms with Gasteiger partial charge < -0.3 is 14.6 Å². The van der Waals surface area contributed by atoms with Crippen LogP contribution >= 0.6 is 0 Å². The molecule has 0 aliphatic carbocycles. The van der Waals surface area contributed by atoms with E-state index in [9.17, 15) is 4.79 Å². The van der Waals surface area contributed by atoms with Crippen LogP contribution in [-0.4, -0.2) is 42.4 Å². The van der Waals surface area contributed by atoms with Crippen LogP contribution in [0.15, 0.2) is 12.1 Å². The number of hydrogen-bond acceptors (Lipinski definition) is 4. The summed E-state index contributed by atoms with van der Waals surface area (Å²) in [5, 5.41) is 8.83. The Kier molecular flexibility index (Phi) is 2.83. The molecule has 3 rings (SSSR count). The van der Waals surface area contributed by atoms with Crippen LogP contribution in [0.2, 0.25) is 0 Å². The Morgan fingerprint density at radius 1 is 1.17 bits per heavy atom. The number of carboxylic acids is 1. The van der Waals surface area contributed by atoms with Crippen molar-refractivity contribution in [3.63, 3.8) is 0 Å². The van der Waals surface area contributed by atoms with Crippen molar-refractivity contribution in [2.45, 2.75) is 12.8 Å². The van der Waals surface area contributed by atoms with Crippen LogP contribution in [0.4, 0.5) is 0 Å². The van der Waals surface area contributed by atoms with Gasteiger partial charge in [-0.3, -0.25) is 9.69 Å². The van der Waals surface area contributed by atoms with Gasteiger partial charge in [-0.2, -0.15) is 0 Å². The first-order valence-corrected chi connectivity index (χ1v) is 6.08. The van der Waals surface area contributed by atoms with Gasteiger partial charge in [0.2, 0.25) is 6.79 Å². The standard InChI is InChI=1S/C13H15NO4/c15-13(16)7-14-3-1-9-5-11-12(18-8-17-11)6-10(9)2-4-14/h5-6H,1-4,7-8H2,(H,15,16). The molecule has 0 saturated carbocycles. The van der Waals surface area contributed by atoms with E-state index >= 15 is 0 Å². The lowest BCUT2D eigenvalue weighted by atomic mass is 10.0. The summed E-state index contributed by atoms with van der Waals surface area (Å²) in [5.41, 5.74) is 2.49. The van der Waals surface area contributed by atoms with Crippen molar-refractivity contribution in [2.75, 3.05) is 26.4 Å². The molecule has 0 bridgehead atoms. The van der Waals surface area contributed by atoms with Gasteiger partial charge in [0, 0.05) is 13.1 Å². The number of nitrogens with zero attached hydrogens (tertiary/aromatic N) is 1. The molecule has 0 fully saturated rings. The maximum absolute atomic E-state index is 10.7. The molecule has 0 unspecified atom stereocenters. The van der Waals surface area contributed by atoms with E-state index in [0.29, 0.717) is 6.79 Å². The van der Waals surface area contributed by atoms with Gasteiger partial charge >= 0.3 is 5.97 Å². The normalized spacial score (nSPS) is 18.2. The van der Waals surface area contributed by atoms with E-state index in [1.165, 1.54) is 11.1 Å². The van der Waals surface area contributed by atoms with Crippen molar-refractivity contribution in [1.82, 2.24) is 4.90 Å². The smallest absolute Gasteiger partial charge is 0.317 e. The molecule has 5 nitrogen and oxygen atoms in total. The summed E-state index contributed by atoms with van der Waals surface area (Å²) < 4.78 is 10.7. The fourth-order valence-electron chi connectivity index (χ4n) is 2.51. The Morgan fingerprint density at radius 3 is 2.22 bits per heavy atom. The highest BCUT2D eigenvalue weighted by Crippen LogP contribution is 2.35. The van der Waals surface area contributed by atoms with E-state index < -0.39 is 5.97 Å². The lowest BCUT2D eigenvalue weighted by molar-refractivity contribution is -0.138. The topological polar surface area (TPSA) is 59.0 Å². The molecule has 1 aromatic rings. The minimum atomic E-state index is -0.768. The van der Waals surface area contributed by atoms with Crippen LogP contribution in [0.3, 0.4) is 0 Å². The molecule has 1 N–H and O–H groups in total.